The van der Waals surface area contributed by atoms with Gasteiger partial charge in [-0.3, -0.25) is 4.79 Å². The number of carbonyl (C=O) groups is 1. The Morgan fingerprint density at radius 3 is 2.84 bits per heavy atom. The minimum atomic E-state index is -0.245. The van der Waals surface area contributed by atoms with Crippen molar-refractivity contribution in [1.29, 1.82) is 0 Å². The van der Waals surface area contributed by atoms with Gasteiger partial charge < -0.3 is 0 Å². The molecule has 0 spiro atoms. The van der Waals surface area contributed by atoms with Gasteiger partial charge in [-0.2, -0.15) is 0 Å². The van der Waals surface area contributed by atoms with Gasteiger partial charge in [0.15, 0.2) is 5.65 Å². The van der Waals surface area contributed by atoms with E-state index in [0.717, 1.165) is 0 Å². The highest BCUT2D eigenvalue weighted by Crippen LogP contribution is 2.11. The summed E-state index contributed by atoms with van der Waals surface area (Å²) in [5.74, 6) is -0.245. The topological polar surface area (TPSA) is 60.7 Å². The molecule has 0 atom stereocenters. The van der Waals surface area contributed by atoms with Gasteiger partial charge in [0.05, 0.1) is 6.20 Å². The standard InChI is InChI=1S/C14H12N4O/c1-3-5-6-7-11(4-2)14(19)18-10-17-12-8-15-9-16-13(12)18/h3-10H,1-2H2/b6-5-,11-7+. The van der Waals surface area contributed by atoms with Crippen molar-refractivity contribution in [3.05, 3.63) is 68.0 Å². The summed E-state index contributed by atoms with van der Waals surface area (Å²) in [5, 5.41) is 0. The number of carbonyl (C=O) groups excluding carboxylic acids is 1. The van der Waals surface area contributed by atoms with Crippen LogP contribution in [0.4, 0.5) is 0 Å². The molecule has 0 bridgehead atoms. The lowest BCUT2D eigenvalue weighted by Crippen LogP contribution is -2.11. The predicted octanol–water partition coefficient (Wildman–Crippen LogP) is 2.32. The number of aromatic nitrogens is 4. The smallest absolute Gasteiger partial charge is 0.264 e. The van der Waals surface area contributed by atoms with Gasteiger partial charge in [-0.1, -0.05) is 37.5 Å². The molecule has 5 nitrogen and oxygen atoms in total. The van der Waals surface area contributed by atoms with Gasteiger partial charge in [0.2, 0.25) is 0 Å². The molecule has 0 aliphatic rings. The molecule has 0 aliphatic carbocycles. The van der Waals surface area contributed by atoms with Gasteiger partial charge in [-0.25, -0.2) is 19.5 Å². The molecule has 0 amide bonds. The SMILES string of the molecule is C=C/C=C\C=C(/C=C)C(=O)n1cnc2cncnc21. The Balaban J connectivity index is 2.42. The molecule has 2 heterocycles. The van der Waals surface area contributed by atoms with Crippen LogP contribution in [0.2, 0.25) is 0 Å². The van der Waals surface area contributed by atoms with E-state index >= 15 is 0 Å². The average molecular weight is 252 g/mol. The molecule has 0 saturated heterocycles. The van der Waals surface area contributed by atoms with E-state index in [4.69, 9.17) is 0 Å². The summed E-state index contributed by atoms with van der Waals surface area (Å²) in [4.78, 5) is 24.3. The molecule has 19 heavy (non-hydrogen) atoms. The second kappa shape index (κ2) is 5.68. The third-order valence-electron chi connectivity index (χ3n) is 2.42. The van der Waals surface area contributed by atoms with Gasteiger partial charge in [0.1, 0.15) is 18.2 Å². The van der Waals surface area contributed by atoms with E-state index in [9.17, 15) is 4.79 Å². The Kier molecular flexibility index (Phi) is 3.78. The molecular weight excluding hydrogens is 240 g/mol. The zero-order chi connectivity index (χ0) is 13.7. The number of allylic oxidation sites excluding steroid dienone is 6. The van der Waals surface area contributed by atoms with Crippen LogP contribution in [0.5, 0.6) is 0 Å². The van der Waals surface area contributed by atoms with Crippen LogP contribution in [0.1, 0.15) is 4.79 Å². The van der Waals surface area contributed by atoms with Crippen molar-refractivity contribution in [1.82, 2.24) is 19.5 Å². The molecule has 94 valence electrons. The number of imidazole rings is 1. The molecule has 0 unspecified atom stereocenters. The summed E-state index contributed by atoms with van der Waals surface area (Å²) in [5.41, 5.74) is 1.48. The van der Waals surface area contributed by atoms with E-state index in [1.807, 2.05) is 0 Å². The minimum absolute atomic E-state index is 0.245. The lowest BCUT2D eigenvalue weighted by Gasteiger charge is -2.01. The first-order valence-corrected chi connectivity index (χ1v) is 5.57. The Labute approximate surface area is 110 Å². The summed E-state index contributed by atoms with van der Waals surface area (Å²) in [6.45, 7) is 7.20. The Bertz CT molecular complexity index is 694. The van der Waals surface area contributed by atoms with Crippen LogP contribution in [-0.2, 0) is 0 Å². The van der Waals surface area contributed by atoms with Gasteiger partial charge in [0, 0.05) is 5.57 Å². The highest BCUT2D eigenvalue weighted by atomic mass is 16.2. The highest BCUT2D eigenvalue weighted by molar-refractivity contribution is 6.01. The lowest BCUT2D eigenvalue weighted by molar-refractivity contribution is 0.0963. The van der Waals surface area contributed by atoms with Crippen molar-refractivity contribution in [3.8, 4) is 0 Å². The maximum atomic E-state index is 12.3. The zero-order valence-corrected chi connectivity index (χ0v) is 10.2. The molecule has 0 N–H and O–H groups in total. The summed E-state index contributed by atoms with van der Waals surface area (Å²) in [6, 6.07) is 0. The molecule has 2 rings (SSSR count). The van der Waals surface area contributed by atoms with E-state index in [0.29, 0.717) is 16.7 Å². The maximum absolute atomic E-state index is 12.3. The zero-order valence-electron chi connectivity index (χ0n) is 10.2. The molecule has 2 aromatic heterocycles. The fourth-order valence-electron chi connectivity index (χ4n) is 1.52. The van der Waals surface area contributed by atoms with E-state index in [2.05, 4.69) is 28.1 Å². The predicted molar refractivity (Wildman–Crippen MR) is 73.6 cm³/mol. The van der Waals surface area contributed by atoms with Crippen LogP contribution in [0.15, 0.2) is 68.0 Å². The van der Waals surface area contributed by atoms with Crippen molar-refractivity contribution in [2.24, 2.45) is 0 Å². The minimum Gasteiger partial charge on any atom is -0.268 e. The molecule has 0 aliphatic heterocycles. The van der Waals surface area contributed by atoms with Crippen molar-refractivity contribution in [3.63, 3.8) is 0 Å². The quantitative estimate of drug-likeness (QED) is 0.619. The molecule has 0 fully saturated rings. The summed E-state index contributed by atoms with van der Waals surface area (Å²) < 4.78 is 1.37. The van der Waals surface area contributed by atoms with Crippen LogP contribution in [0.3, 0.4) is 0 Å². The van der Waals surface area contributed by atoms with Crippen molar-refractivity contribution < 1.29 is 4.79 Å². The van der Waals surface area contributed by atoms with Gasteiger partial charge >= 0.3 is 0 Å². The fourth-order valence-corrected chi connectivity index (χ4v) is 1.52. The van der Waals surface area contributed by atoms with E-state index < -0.39 is 0 Å². The lowest BCUT2D eigenvalue weighted by atomic mass is 10.2. The molecule has 2 aromatic rings. The van der Waals surface area contributed by atoms with Crippen LogP contribution >= 0.6 is 0 Å². The molecular formula is C14H12N4O. The average Bonchev–Trinajstić information content (AvgIpc) is 2.87. The second-order valence-electron chi connectivity index (χ2n) is 3.60. The van der Waals surface area contributed by atoms with E-state index in [1.54, 1.807) is 30.5 Å². The number of hydrogen-bond acceptors (Lipinski definition) is 4. The van der Waals surface area contributed by atoms with Crippen molar-refractivity contribution in [2.45, 2.75) is 0 Å². The van der Waals surface area contributed by atoms with Crippen LogP contribution in [0, 0.1) is 0 Å². The van der Waals surface area contributed by atoms with Crippen LogP contribution in [0.25, 0.3) is 11.2 Å². The monoisotopic (exact) mass is 252 g/mol. The van der Waals surface area contributed by atoms with Crippen molar-refractivity contribution in [2.75, 3.05) is 0 Å². The molecule has 0 radical (unpaired) electrons. The van der Waals surface area contributed by atoms with Gasteiger partial charge in [0.25, 0.3) is 5.91 Å². The number of rotatable bonds is 4. The Morgan fingerprint density at radius 1 is 1.26 bits per heavy atom. The third kappa shape index (κ3) is 2.55. The second-order valence-corrected chi connectivity index (χ2v) is 3.60. The largest absolute Gasteiger partial charge is 0.268 e. The summed E-state index contributed by atoms with van der Waals surface area (Å²) >= 11 is 0. The number of fused-ring (bicyclic) bond motifs is 1. The molecule has 0 aromatic carbocycles. The van der Waals surface area contributed by atoms with Crippen molar-refractivity contribution >= 4 is 17.1 Å². The maximum Gasteiger partial charge on any atom is 0.264 e. The number of nitrogens with zero attached hydrogens (tertiary/aromatic N) is 4. The number of hydrogen-bond donors (Lipinski definition) is 0. The summed E-state index contributed by atoms with van der Waals surface area (Å²) in [7, 11) is 0. The Morgan fingerprint density at radius 2 is 2.11 bits per heavy atom. The molecule has 5 heteroatoms. The normalized spacial score (nSPS) is 11.9. The first-order chi connectivity index (χ1) is 9.27. The van der Waals surface area contributed by atoms with E-state index in [-0.39, 0.29) is 5.91 Å². The van der Waals surface area contributed by atoms with Crippen LogP contribution < -0.4 is 0 Å². The van der Waals surface area contributed by atoms with Gasteiger partial charge in [-0.05, 0) is 6.08 Å². The highest BCUT2D eigenvalue weighted by Gasteiger charge is 2.13. The molecule has 0 saturated carbocycles. The Hall–Kier alpha value is -2.82. The fraction of sp³-hybridized carbons (Fsp3) is 0. The van der Waals surface area contributed by atoms with Gasteiger partial charge in [-0.15, -0.1) is 0 Å². The van der Waals surface area contributed by atoms with E-state index in [1.165, 1.54) is 23.3 Å². The first-order valence-electron chi connectivity index (χ1n) is 5.57. The first kappa shape index (κ1) is 12.6. The van der Waals surface area contributed by atoms with Crippen LogP contribution in [-0.4, -0.2) is 25.4 Å². The third-order valence-corrected chi connectivity index (χ3v) is 2.42. The summed E-state index contributed by atoms with van der Waals surface area (Å²) in [6.07, 6.45) is 12.6.